The molecule has 0 radical (unpaired) electrons. The van der Waals surface area contributed by atoms with E-state index in [0.29, 0.717) is 0 Å². The zero-order valence-electron chi connectivity index (χ0n) is 34.5. The molecule has 0 aliphatic heterocycles. The maximum Gasteiger partial charge on any atom is 0.0296 e. The average Bonchev–Trinajstić information content (AvgIpc) is 4.07. The van der Waals surface area contributed by atoms with Gasteiger partial charge >= 0.3 is 0 Å². The van der Waals surface area contributed by atoms with Gasteiger partial charge in [0.1, 0.15) is 0 Å². The fourth-order valence-electron chi connectivity index (χ4n) is 12.8. The first kappa shape index (κ1) is 34.4. The lowest BCUT2D eigenvalue weighted by Crippen LogP contribution is -2.25. The van der Waals surface area contributed by atoms with Crippen molar-refractivity contribution in [3.63, 3.8) is 0 Å². The van der Waals surface area contributed by atoms with Crippen molar-refractivity contribution in [2.24, 2.45) is 0 Å². The molecule has 0 aromatic heterocycles. The summed E-state index contributed by atoms with van der Waals surface area (Å²) in [5.41, 5.74) is 25.0. The Morgan fingerprint density at radius 2 is 0.532 bits per heavy atom. The summed E-state index contributed by atoms with van der Waals surface area (Å²) in [5, 5.41) is 5.15. The Kier molecular flexibility index (Phi) is 7.02. The van der Waals surface area contributed by atoms with E-state index < -0.39 is 0 Å². The van der Waals surface area contributed by atoms with E-state index in [1.54, 1.807) is 0 Å². The van der Waals surface area contributed by atoms with Gasteiger partial charge < -0.3 is 0 Å². The maximum atomic E-state index is 2.54. The molecule has 14 rings (SSSR count). The molecule has 4 aliphatic rings. The van der Waals surface area contributed by atoms with Crippen LogP contribution in [0.25, 0.3) is 77.2 Å². The minimum atomic E-state index is -0.0342. The highest BCUT2D eigenvalue weighted by molar-refractivity contribution is 6.11. The van der Waals surface area contributed by atoms with E-state index in [4.69, 9.17) is 0 Å². The molecule has 0 unspecified atom stereocenters. The third-order valence-corrected chi connectivity index (χ3v) is 15.5. The summed E-state index contributed by atoms with van der Waals surface area (Å²) in [6, 6.07) is 78.8. The second-order valence-corrected chi connectivity index (χ2v) is 18.4. The molecule has 10 aromatic rings. The molecule has 0 N–H and O–H groups in total. The van der Waals surface area contributed by atoms with Crippen molar-refractivity contribution < 1.29 is 0 Å². The second-order valence-electron chi connectivity index (χ2n) is 18.4. The predicted octanol–water partition coefficient (Wildman–Crippen LogP) is 15.1. The molecule has 0 heteroatoms. The van der Waals surface area contributed by atoms with Crippen LogP contribution in [0.4, 0.5) is 0 Å². The number of hydrogen-bond acceptors (Lipinski definition) is 0. The van der Waals surface area contributed by atoms with Gasteiger partial charge in [-0.1, -0.05) is 194 Å². The lowest BCUT2D eigenvalue weighted by molar-refractivity contribution is 0.564. The summed E-state index contributed by atoms with van der Waals surface area (Å²) in [6.07, 6.45) is 4.20. The Morgan fingerprint density at radius 1 is 0.226 bits per heavy atom. The van der Waals surface area contributed by atoms with E-state index in [1.165, 1.54) is 122 Å². The van der Waals surface area contributed by atoms with Crippen LogP contribution in [-0.4, -0.2) is 0 Å². The highest BCUT2D eigenvalue weighted by atomic mass is 14.5. The summed E-state index contributed by atoms with van der Waals surface area (Å²) in [4.78, 5) is 0. The van der Waals surface area contributed by atoms with Crippen molar-refractivity contribution in [2.75, 3.05) is 0 Å². The minimum Gasteiger partial charge on any atom is -0.0620 e. The van der Waals surface area contributed by atoms with Gasteiger partial charge in [0, 0.05) is 10.8 Å². The van der Waals surface area contributed by atoms with Crippen LogP contribution in [-0.2, 0) is 36.5 Å². The van der Waals surface area contributed by atoms with Crippen LogP contribution in [0.2, 0.25) is 0 Å². The number of rotatable bonds is 3. The van der Waals surface area contributed by atoms with E-state index in [-0.39, 0.29) is 10.8 Å². The largest absolute Gasteiger partial charge is 0.0620 e. The summed E-state index contributed by atoms with van der Waals surface area (Å²) in [5.74, 6) is 0. The molecule has 0 heterocycles. The molecule has 0 atom stereocenters. The van der Waals surface area contributed by atoms with Crippen LogP contribution in [0.1, 0.15) is 44.5 Å². The Labute approximate surface area is 362 Å². The molecular weight excluding hydrogens is 745 g/mol. The molecule has 2 spiro atoms. The minimum absolute atomic E-state index is 0.0342. The molecule has 0 amide bonds. The first-order chi connectivity index (χ1) is 30.7. The summed E-state index contributed by atoms with van der Waals surface area (Å²) < 4.78 is 0. The Hall–Kier alpha value is -7.28. The quantitative estimate of drug-likeness (QED) is 0.167. The van der Waals surface area contributed by atoms with Gasteiger partial charge in [0.05, 0.1) is 0 Å². The molecule has 4 aliphatic carbocycles. The van der Waals surface area contributed by atoms with Gasteiger partial charge in [-0.15, -0.1) is 0 Å². The van der Waals surface area contributed by atoms with E-state index in [1.807, 2.05) is 0 Å². The highest BCUT2D eigenvalue weighted by Crippen LogP contribution is 2.58. The van der Waals surface area contributed by atoms with Gasteiger partial charge in [-0.2, -0.15) is 0 Å². The molecule has 0 fully saturated rings. The summed E-state index contributed by atoms with van der Waals surface area (Å²) in [6.45, 7) is 0. The Bertz CT molecular complexity index is 3260. The van der Waals surface area contributed by atoms with E-state index in [9.17, 15) is 0 Å². The number of benzene rings is 10. The monoisotopic (exact) mass is 786 g/mol. The maximum absolute atomic E-state index is 2.54. The normalized spacial score (nSPS) is 15.4. The molecular formula is C62H42. The van der Waals surface area contributed by atoms with Gasteiger partial charge in [-0.05, 0) is 160 Å². The molecule has 0 nitrogen and oxygen atoms in total. The van der Waals surface area contributed by atoms with Gasteiger partial charge in [-0.3, -0.25) is 0 Å². The number of fused-ring (bicyclic) bond motifs is 14. The highest BCUT2D eigenvalue weighted by Gasteiger charge is 2.48. The van der Waals surface area contributed by atoms with E-state index >= 15 is 0 Å². The van der Waals surface area contributed by atoms with Crippen molar-refractivity contribution in [3.05, 3.63) is 251 Å². The van der Waals surface area contributed by atoms with Gasteiger partial charge in [-0.25, -0.2) is 0 Å². The van der Waals surface area contributed by atoms with Crippen LogP contribution in [0.5, 0.6) is 0 Å². The molecule has 0 saturated heterocycles. The SMILES string of the molecule is c1ccc2c(c1)CC1(C2)c2ccccc2-c2ccc(-c3cccc4c(-c5cccc6c(-c7ccc8c(c7)C7(Cc9ccccc9C7)c7ccccc7-8)cccc56)cccc34)cc21. The first-order valence-corrected chi connectivity index (χ1v) is 22.3. The van der Waals surface area contributed by atoms with Gasteiger partial charge in [0.25, 0.3) is 0 Å². The standard InChI is InChI=1S/C62H42/c1-2-14-42-36-61(35-41(42)13-1)57-27-7-5-17-53(57)55-31-29-39(33-59(55)61)45-19-9-23-49-47(45)21-11-25-51(49)52-26-12-22-48-46(20-10-24-50(48)52)40-30-32-56-54-18-6-8-28-58(54)62(60(56)34-40)37-43-15-3-4-16-44(43)38-62/h1-34H,35-38H2. The van der Waals surface area contributed by atoms with Crippen molar-refractivity contribution >= 4 is 21.5 Å². The predicted molar refractivity (Wildman–Crippen MR) is 258 cm³/mol. The van der Waals surface area contributed by atoms with Crippen LogP contribution >= 0.6 is 0 Å². The fourth-order valence-corrected chi connectivity index (χ4v) is 12.8. The van der Waals surface area contributed by atoms with Gasteiger partial charge in [0.2, 0.25) is 0 Å². The third-order valence-electron chi connectivity index (χ3n) is 15.5. The smallest absolute Gasteiger partial charge is 0.0296 e. The third kappa shape index (κ3) is 4.62. The Balaban J connectivity index is 0.888. The molecule has 290 valence electrons. The van der Waals surface area contributed by atoms with Crippen molar-refractivity contribution in [2.45, 2.75) is 36.5 Å². The van der Waals surface area contributed by atoms with Crippen LogP contribution in [0.3, 0.4) is 0 Å². The van der Waals surface area contributed by atoms with Crippen molar-refractivity contribution in [1.82, 2.24) is 0 Å². The van der Waals surface area contributed by atoms with Gasteiger partial charge in [0.15, 0.2) is 0 Å². The van der Waals surface area contributed by atoms with Crippen LogP contribution in [0.15, 0.2) is 206 Å². The molecule has 0 bridgehead atoms. The van der Waals surface area contributed by atoms with Crippen molar-refractivity contribution in [3.8, 4) is 55.6 Å². The van der Waals surface area contributed by atoms with Crippen LogP contribution < -0.4 is 0 Å². The average molecular weight is 787 g/mol. The van der Waals surface area contributed by atoms with E-state index in [0.717, 1.165) is 25.7 Å². The van der Waals surface area contributed by atoms with Crippen LogP contribution in [0, 0.1) is 0 Å². The zero-order valence-corrected chi connectivity index (χ0v) is 34.5. The number of hydrogen-bond donors (Lipinski definition) is 0. The summed E-state index contributed by atoms with van der Waals surface area (Å²) in [7, 11) is 0. The fraction of sp³-hybridized carbons (Fsp3) is 0.0968. The van der Waals surface area contributed by atoms with E-state index in [2.05, 4.69) is 206 Å². The first-order valence-electron chi connectivity index (χ1n) is 22.3. The van der Waals surface area contributed by atoms with Crippen molar-refractivity contribution in [1.29, 1.82) is 0 Å². The topological polar surface area (TPSA) is 0 Å². The molecule has 10 aromatic carbocycles. The molecule has 0 saturated carbocycles. The zero-order chi connectivity index (χ0) is 40.6. The lowest BCUT2D eigenvalue weighted by atomic mass is 9.75. The summed E-state index contributed by atoms with van der Waals surface area (Å²) >= 11 is 0. The lowest BCUT2D eigenvalue weighted by Gasteiger charge is -2.27. The Morgan fingerprint density at radius 3 is 0.935 bits per heavy atom. The molecule has 62 heavy (non-hydrogen) atoms. The second kappa shape index (κ2) is 12.6.